The summed E-state index contributed by atoms with van der Waals surface area (Å²) >= 11 is 0. The molecule has 10 heteroatoms. The Labute approximate surface area is 166 Å². The summed E-state index contributed by atoms with van der Waals surface area (Å²) in [7, 11) is -0.981. The van der Waals surface area contributed by atoms with E-state index in [9.17, 15) is 18.0 Å². The smallest absolute Gasteiger partial charge is 0.325 e. The highest BCUT2D eigenvalue weighted by atomic mass is 32.2. The Kier molecular flexibility index (Phi) is 9.20. The van der Waals surface area contributed by atoms with Crippen LogP contribution >= 0.6 is 0 Å². The first-order valence-electron chi connectivity index (χ1n) is 8.83. The van der Waals surface area contributed by atoms with Crippen LogP contribution in [0.25, 0.3) is 0 Å². The van der Waals surface area contributed by atoms with E-state index in [1.165, 1.54) is 37.3 Å². The zero-order chi connectivity index (χ0) is 21.3. The number of rotatable bonds is 11. The van der Waals surface area contributed by atoms with E-state index in [4.69, 9.17) is 14.2 Å². The lowest BCUT2D eigenvalue weighted by Gasteiger charge is -2.25. The molecule has 0 fully saturated rings. The van der Waals surface area contributed by atoms with Crippen LogP contribution in [0.2, 0.25) is 0 Å². The average Bonchev–Trinajstić information content (AvgIpc) is 2.65. The Morgan fingerprint density at radius 1 is 1.14 bits per heavy atom. The van der Waals surface area contributed by atoms with Gasteiger partial charge in [0, 0.05) is 25.1 Å². The first-order chi connectivity index (χ1) is 13.2. The van der Waals surface area contributed by atoms with Crippen LogP contribution in [-0.2, 0) is 24.3 Å². The highest BCUT2D eigenvalue weighted by Gasteiger charge is 2.22. The normalized spacial score (nSPS) is 11.2. The fraction of sp³-hybridized carbons (Fsp3) is 0.556. The number of benzene rings is 1. The van der Waals surface area contributed by atoms with Crippen LogP contribution in [-0.4, -0.2) is 65.2 Å². The predicted molar refractivity (Wildman–Crippen MR) is 103 cm³/mol. The Hall–Kier alpha value is -2.33. The third-order valence-electron chi connectivity index (χ3n) is 3.84. The van der Waals surface area contributed by atoms with Gasteiger partial charge < -0.3 is 19.1 Å². The second-order valence-corrected chi connectivity index (χ2v) is 7.85. The highest BCUT2D eigenvalue weighted by Crippen LogP contribution is 2.29. The van der Waals surface area contributed by atoms with Crippen molar-refractivity contribution in [2.24, 2.45) is 0 Å². The first-order valence-corrected chi connectivity index (χ1v) is 10.3. The molecule has 0 unspecified atom stereocenters. The van der Waals surface area contributed by atoms with E-state index in [-0.39, 0.29) is 48.7 Å². The molecule has 1 N–H and O–H groups in total. The maximum absolute atomic E-state index is 12.4. The molecule has 1 rings (SSSR count). The van der Waals surface area contributed by atoms with Crippen molar-refractivity contribution in [3.63, 3.8) is 0 Å². The van der Waals surface area contributed by atoms with Crippen molar-refractivity contribution in [3.05, 3.63) is 18.2 Å². The molecule has 158 valence electrons. The second-order valence-electron chi connectivity index (χ2n) is 6.08. The van der Waals surface area contributed by atoms with Gasteiger partial charge in [-0.05, 0) is 32.9 Å². The molecule has 28 heavy (non-hydrogen) atoms. The van der Waals surface area contributed by atoms with Gasteiger partial charge in [-0.25, -0.2) is 13.1 Å². The highest BCUT2D eigenvalue weighted by molar-refractivity contribution is 7.89. The molecular formula is C18H28N2O7S. The Bertz CT molecular complexity index is 778. The summed E-state index contributed by atoms with van der Waals surface area (Å²) in [5.41, 5.74) is 0. The lowest BCUT2D eigenvalue weighted by atomic mass is 10.2. The number of esters is 1. The third-order valence-corrected chi connectivity index (χ3v) is 5.30. The molecule has 0 heterocycles. The number of hydrogen-bond donors (Lipinski definition) is 1. The number of ether oxygens (including phenoxy) is 3. The molecule has 0 bridgehead atoms. The number of amides is 1. The van der Waals surface area contributed by atoms with Gasteiger partial charge in [0.2, 0.25) is 15.9 Å². The molecule has 1 aromatic carbocycles. The molecule has 0 atom stereocenters. The van der Waals surface area contributed by atoms with Crippen molar-refractivity contribution in [2.45, 2.75) is 38.1 Å². The van der Waals surface area contributed by atoms with Crippen LogP contribution in [0.15, 0.2) is 23.1 Å². The van der Waals surface area contributed by atoms with Gasteiger partial charge in [-0.3, -0.25) is 9.59 Å². The molecule has 0 saturated carbocycles. The van der Waals surface area contributed by atoms with Crippen LogP contribution in [0.1, 0.15) is 27.2 Å². The Balaban J connectivity index is 2.74. The van der Waals surface area contributed by atoms with E-state index in [1.54, 1.807) is 20.8 Å². The SMILES string of the molecule is CCOC(=O)CN(C(=O)CCNS(=O)(=O)c1ccc(OC)c(OC)c1)C(C)C. The van der Waals surface area contributed by atoms with Gasteiger partial charge in [0.1, 0.15) is 6.54 Å². The monoisotopic (exact) mass is 416 g/mol. The molecule has 0 spiro atoms. The molecule has 0 aliphatic rings. The number of sulfonamides is 1. The third kappa shape index (κ3) is 6.68. The van der Waals surface area contributed by atoms with Crippen LogP contribution in [0.3, 0.4) is 0 Å². The molecule has 0 radical (unpaired) electrons. The molecule has 0 saturated heterocycles. The van der Waals surface area contributed by atoms with E-state index >= 15 is 0 Å². The molecule has 0 aromatic heterocycles. The summed E-state index contributed by atoms with van der Waals surface area (Å²) < 4.78 is 42.3. The summed E-state index contributed by atoms with van der Waals surface area (Å²) in [6.07, 6.45) is -0.0932. The van der Waals surface area contributed by atoms with Crippen molar-refractivity contribution >= 4 is 21.9 Å². The minimum Gasteiger partial charge on any atom is -0.493 e. The van der Waals surface area contributed by atoms with Crippen molar-refractivity contribution in [1.82, 2.24) is 9.62 Å². The standard InChI is InChI=1S/C18H28N2O7S/c1-6-27-18(22)12-20(13(2)3)17(21)9-10-19-28(23,24)14-7-8-15(25-4)16(11-14)26-5/h7-8,11,13,19H,6,9-10,12H2,1-5H3. The van der Waals surface area contributed by atoms with Crippen LogP contribution in [0, 0.1) is 0 Å². The summed E-state index contributed by atoms with van der Waals surface area (Å²) in [5, 5.41) is 0. The fourth-order valence-corrected chi connectivity index (χ4v) is 3.45. The molecule has 0 aliphatic carbocycles. The first kappa shape index (κ1) is 23.7. The quantitative estimate of drug-likeness (QED) is 0.539. The minimum absolute atomic E-state index is 0.00941. The van der Waals surface area contributed by atoms with E-state index in [2.05, 4.69) is 4.72 Å². The number of carbonyl (C=O) groups is 2. The van der Waals surface area contributed by atoms with Crippen LogP contribution in [0.5, 0.6) is 11.5 Å². The molecule has 1 aromatic rings. The molecule has 9 nitrogen and oxygen atoms in total. The number of hydrogen-bond acceptors (Lipinski definition) is 7. The van der Waals surface area contributed by atoms with Gasteiger partial charge in [-0.15, -0.1) is 0 Å². The van der Waals surface area contributed by atoms with Crippen LogP contribution < -0.4 is 14.2 Å². The van der Waals surface area contributed by atoms with Crippen molar-refractivity contribution < 1.29 is 32.2 Å². The van der Waals surface area contributed by atoms with Gasteiger partial charge in [0.25, 0.3) is 0 Å². The fourth-order valence-electron chi connectivity index (χ4n) is 2.41. The predicted octanol–water partition coefficient (Wildman–Crippen LogP) is 1.17. The van der Waals surface area contributed by atoms with E-state index in [0.717, 1.165) is 0 Å². The second kappa shape index (κ2) is 10.9. The van der Waals surface area contributed by atoms with E-state index in [1.807, 2.05) is 0 Å². The Morgan fingerprint density at radius 3 is 2.32 bits per heavy atom. The van der Waals surface area contributed by atoms with Gasteiger partial charge in [-0.2, -0.15) is 0 Å². The zero-order valence-corrected chi connectivity index (χ0v) is 17.7. The maximum Gasteiger partial charge on any atom is 0.325 e. The van der Waals surface area contributed by atoms with Crippen molar-refractivity contribution in [3.8, 4) is 11.5 Å². The Morgan fingerprint density at radius 2 is 1.79 bits per heavy atom. The van der Waals surface area contributed by atoms with Crippen molar-refractivity contribution in [2.75, 3.05) is 33.9 Å². The van der Waals surface area contributed by atoms with Crippen molar-refractivity contribution in [1.29, 1.82) is 0 Å². The minimum atomic E-state index is -3.84. The summed E-state index contributed by atoms with van der Waals surface area (Å²) in [4.78, 5) is 25.4. The van der Waals surface area contributed by atoms with Gasteiger partial charge in [-0.1, -0.05) is 0 Å². The largest absolute Gasteiger partial charge is 0.493 e. The zero-order valence-electron chi connectivity index (χ0n) is 16.9. The summed E-state index contributed by atoms with van der Waals surface area (Å²) in [6.45, 7) is 5.16. The average molecular weight is 416 g/mol. The maximum atomic E-state index is 12.4. The number of methoxy groups -OCH3 is 2. The lowest BCUT2D eigenvalue weighted by molar-refractivity contribution is -0.150. The van der Waals surface area contributed by atoms with Gasteiger partial charge >= 0.3 is 5.97 Å². The summed E-state index contributed by atoms with van der Waals surface area (Å²) in [6, 6.07) is 3.98. The van der Waals surface area contributed by atoms with Crippen LogP contribution in [0.4, 0.5) is 0 Å². The van der Waals surface area contributed by atoms with E-state index in [0.29, 0.717) is 5.75 Å². The van der Waals surface area contributed by atoms with Gasteiger partial charge in [0.15, 0.2) is 11.5 Å². The number of nitrogens with one attached hydrogen (secondary N) is 1. The van der Waals surface area contributed by atoms with Gasteiger partial charge in [0.05, 0.1) is 25.7 Å². The molecular weight excluding hydrogens is 388 g/mol. The molecule has 1 amide bonds. The molecule has 0 aliphatic heterocycles. The summed E-state index contributed by atoms with van der Waals surface area (Å²) in [5.74, 6) is -0.168. The number of nitrogens with zero attached hydrogens (tertiary/aromatic N) is 1. The lowest BCUT2D eigenvalue weighted by Crippen LogP contribution is -2.42. The van der Waals surface area contributed by atoms with E-state index < -0.39 is 16.0 Å². The number of carbonyl (C=O) groups excluding carboxylic acids is 2. The topological polar surface area (TPSA) is 111 Å².